The van der Waals surface area contributed by atoms with Crippen molar-refractivity contribution >= 4 is 34.9 Å². The lowest BCUT2D eigenvalue weighted by molar-refractivity contribution is -0.139. The van der Waals surface area contributed by atoms with E-state index in [2.05, 4.69) is 0 Å². The molecular weight excluding hydrogens is 461 g/mol. The fourth-order valence-corrected chi connectivity index (χ4v) is 4.06. The second kappa shape index (κ2) is 10.6. The predicted octanol–water partition coefficient (Wildman–Crippen LogP) is 7.05. The van der Waals surface area contributed by atoms with Crippen LogP contribution in [0.3, 0.4) is 0 Å². The summed E-state index contributed by atoms with van der Waals surface area (Å²) in [5.74, 6) is -0.297. The maximum Gasteiger partial charge on any atom is 0.416 e. The quantitative estimate of drug-likeness (QED) is 0.352. The van der Waals surface area contributed by atoms with Crippen LogP contribution < -0.4 is 4.74 Å². The van der Waals surface area contributed by atoms with Crippen LogP contribution in [0.25, 0.3) is 5.57 Å². The molecule has 0 radical (unpaired) electrons. The van der Waals surface area contributed by atoms with Crippen LogP contribution in [0.4, 0.5) is 13.2 Å². The molecule has 3 rings (SSSR count). The molecule has 0 atom stereocenters. The number of carboxylic acids is 1. The number of halogens is 4. The van der Waals surface area contributed by atoms with Crippen LogP contribution >= 0.6 is 23.4 Å². The molecule has 0 heterocycles. The summed E-state index contributed by atoms with van der Waals surface area (Å²) in [7, 11) is 0. The van der Waals surface area contributed by atoms with Gasteiger partial charge in [-0.25, -0.2) is 4.79 Å². The first-order chi connectivity index (χ1) is 15.2. The van der Waals surface area contributed by atoms with Gasteiger partial charge in [0.25, 0.3) is 0 Å². The second-order valence-electron chi connectivity index (χ2n) is 6.65. The van der Waals surface area contributed by atoms with Crippen molar-refractivity contribution < 1.29 is 27.8 Å². The summed E-state index contributed by atoms with van der Waals surface area (Å²) in [6, 6.07) is 19.3. The first-order valence-corrected chi connectivity index (χ1v) is 10.8. The summed E-state index contributed by atoms with van der Waals surface area (Å²) >= 11 is 7.68. The highest BCUT2D eigenvalue weighted by Crippen LogP contribution is 2.34. The van der Waals surface area contributed by atoms with E-state index in [1.165, 1.54) is 23.9 Å². The van der Waals surface area contributed by atoms with E-state index in [1.54, 1.807) is 18.2 Å². The smallest absolute Gasteiger partial charge is 0.416 e. The summed E-state index contributed by atoms with van der Waals surface area (Å²) < 4.78 is 44.7. The molecule has 1 N–H and O–H groups in total. The fraction of sp³-hybridized carbons (Fsp3) is 0.125. The molecule has 0 unspecified atom stereocenters. The number of carbonyl (C=O) groups is 1. The first kappa shape index (κ1) is 23.8. The summed E-state index contributed by atoms with van der Waals surface area (Å²) in [6.07, 6.45) is -2.56. The Labute approximate surface area is 192 Å². The molecule has 0 fully saturated rings. The normalized spacial score (nSPS) is 11.9. The topological polar surface area (TPSA) is 46.5 Å². The summed E-state index contributed by atoms with van der Waals surface area (Å²) in [4.78, 5) is 11.3. The summed E-state index contributed by atoms with van der Waals surface area (Å²) in [6.45, 7) is -0.469. The SMILES string of the molecule is O=C(O)COc1ccc(SCC=C(c2ccccc2)c2cccc(C(F)(F)F)c2)c(Cl)c1. The van der Waals surface area contributed by atoms with Gasteiger partial charge in [0.05, 0.1) is 10.6 Å². The van der Waals surface area contributed by atoms with E-state index >= 15 is 0 Å². The fourth-order valence-electron chi connectivity index (χ4n) is 2.93. The minimum Gasteiger partial charge on any atom is -0.482 e. The molecular formula is C24H18ClF3O3S. The van der Waals surface area contributed by atoms with E-state index in [0.717, 1.165) is 22.6 Å². The van der Waals surface area contributed by atoms with Crippen LogP contribution in [-0.4, -0.2) is 23.4 Å². The molecule has 32 heavy (non-hydrogen) atoms. The lowest BCUT2D eigenvalue weighted by Crippen LogP contribution is -2.09. The predicted molar refractivity (Wildman–Crippen MR) is 120 cm³/mol. The highest BCUT2D eigenvalue weighted by Gasteiger charge is 2.30. The van der Waals surface area contributed by atoms with Crippen LogP contribution in [0.15, 0.2) is 83.8 Å². The standard InChI is InChI=1S/C24H18ClF3O3S/c25-21-14-19(31-15-23(29)30)9-10-22(21)32-12-11-20(16-5-2-1-3-6-16)17-7-4-8-18(13-17)24(26,27)28/h1-11,13-14H,12,15H2,(H,29,30). The monoisotopic (exact) mass is 478 g/mol. The average molecular weight is 479 g/mol. The van der Waals surface area contributed by atoms with Crippen LogP contribution in [0.2, 0.25) is 5.02 Å². The van der Waals surface area contributed by atoms with Crippen molar-refractivity contribution in [2.45, 2.75) is 11.1 Å². The Morgan fingerprint density at radius 1 is 1.00 bits per heavy atom. The van der Waals surface area contributed by atoms with Crippen molar-refractivity contribution in [2.75, 3.05) is 12.4 Å². The van der Waals surface area contributed by atoms with E-state index in [9.17, 15) is 18.0 Å². The number of hydrogen-bond acceptors (Lipinski definition) is 3. The van der Waals surface area contributed by atoms with Gasteiger partial charge in [0.1, 0.15) is 5.75 Å². The average Bonchev–Trinajstić information content (AvgIpc) is 2.76. The van der Waals surface area contributed by atoms with Gasteiger partial charge in [-0.15, -0.1) is 11.8 Å². The number of rotatable bonds is 8. The molecule has 0 bridgehead atoms. The Balaban J connectivity index is 1.83. The Hall–Kier alpha value is -2.90. The van der Waals surface area contributed by atoms with Crippen LogP contribution in [0, 0.1) is 0 Å². The minimum atomic E-state index is -4.43. The van der Waals surface area contributed by atoms with Gasteiger partial charge in [0, 0.05) is 10.6 Å². The van der Waals surface area contributed by atoms with Gasteiger partial charge >= 0.3 is 12.1 Å². The zero-order chi connectivity index (χ0) is 23.1. The molecule has 8 heteroatoms. The highest BCUT2D eigenvalue weighted by molar-refractivity contribution is 7.99. The van der Waals surface area contributed by atoms with Crippen molar-refractivity contribution in [1.29, 1.82) is 0 Å². The van der Waals surface area contributed by atoms with Crippen molar-refractivity contribution in [3.63, 3.8) is 0 Å². The van der Waals surface area contributed by atoms with Crippen LogP contribution in [0.1, 0.15) is 16.7 Å². The zero-order valence-electron chi connectivity index (χ0n) is 16.6. The third-order valence-corrected chi connectivity index (χ3v) is 5.80. The summed E-state index contributed by atoms with van der Waals surface area (Å²) in [5.41, 5.74) is 1.25. The van der Waals surface area contributed by atoms with Crippen molar-refractivity contribution in [2.24, 2.45) is 0 Å². The molecule has 3 aromatic carbocycles. The molecule has 0 aliphatic carbocycles. The molecule has 0 saturated heterocycles. The third kappa shape index (κ3) is 6.55. The number of benzene rings is 3. The van der Waals surface area contributed by atoms with E-state index in [-0.39, 0.29) is 0 Å². The van der Waals surface area contributed by atoms with Gasteiger partial charge in [-0.3, -0.25) is 0 Å². The summed E-state index contributed by atoms with van der Waals surface area (Å²) in [5, 5.41) is 9.08. The third-order valence-electron chi connectivity index (χ3n) is 4.38. The highest BCUT2D eigenvalue weighted by atomic mass is 35.5. The van der Waals surface area contributed by atoms with Crippen molar-refractivity contribution in [3.05, 3.63) is 101 Å². The molecule has 0 aromatic heterocycles. The Kier molecular flexibility index (Phi) is 7.88. The molecule has 0 spiro atoms. The zero-order valence-corrected chi connectivity index (χ0v) is 18.2. The van der Waals surface area contributed by atoms with Crippen LogP contribution in [-0.2, 0) is 11.0 Å². The Bertz CT molecular complexity index is 1110. The molecule has 0 saturated carbocycles. The number of carboxylic acid groups (broad SMARTS) is 1. The largest absolute Gasteiger partial charge is 0.482 e. The molecule has 3 nitrogen and oxygen atoms in total. The number of hydrogen-bond donors (Lipinski definition) is 1. The number of aliphatic carboxylic acids is 1. The van der Waals surface area contributed by atoms with Crippen molar-refractivity contribution in [3.8, 4) is 5.75 Å². The van der Waals surface area contributed by atoms with Gasteiger partial charge in [-0.05, 0) is 47.0 Å². The Morgan fingerprint density at radius 2 is 1.72 bits per heavy atom. The lowest BCUT2D eigenvalue weighted by atomic mass is 9.96. The van der Waals surface area contributed by atoms with E-state index in [1.807, 2.05) is 36.4 Å². The van der Waals surface area contributed by atoms with Gasteiger partial charge in [-0.2, -0.15) is 13.2 Å². The van der Waals surface area contributed by atoms with Crippen LogP contribution in [0.5, 0.6) is 5.75 Å². The Morgan fingerprint density at radius 3 is 2.38 bits per heavy atom. The van der Waals surface area contributed by atoms with Crippen molar-refractivity contribution in [1.82, 2.24) is 0 Å². The number of thioether (sulfide) groups is 1. The maximum absolute atomic E-state index is 13.2. The molecule has 3 aromatic rings. The lowest BCUT2D eigenvalue weighted by Gasteiger charge is -2.13. The van der Waals surface area contributed by atoms with E-state index in [0.29, 0.717) is 27.7 Å². The minimum absolute atomic E-state index is 0.339. The molecule has 0 aliphatic rings. The number of ether oxygens (including phenoxy) is 1. The van der Waals surface area contributed by atoms with E-state index < -0.39 is 24.3 Å². The van der Waals surface area contributed by atoms with E-state index in [4.69, 9.17) is 21.4 Å². The maximum atomic E-state index is 13.2. The first-order valence-electron chi connectivity index (χ1n) is 9.44. The second-order valence-corrected chi connectivity index (χ2v) is 8.12. The molecule has 0 amide bonds. The van der Waals surface area contributed by atoms with Gasteiger partial charge in [0.2, 0.25) is 0 Å². The van der Waals surface area contributed by atoms with Gasteiger partial charge < -0.3 is 9.84 Å². The van der Waals surface area contributed by atoms with Gasteiger partial charge in [0.15, 0.2) is 6.61 Å². The van der Waals surface area contributed by atoms with Gasteiger partial charge in [-0.1, -0.05) is 60.1 Å². The molecule has 0 aliphatic heterocycles. The molecule has 166 valence electrons. The number of alkyl halides is 3.